The van der Waals surface area contributed by atoms with Crippen molar-refractivity contribution in [3.63, 3.8) is 0 Å². The van der Waals surface area contributed by atoms with Crippen LogP contribution in [0.5, 0.6) is 0 Å². The first-order valence-electron chi connectivity index (χ1n) is 9.40. The SMILES string of the molecule is C/C=C(/C#N)C/C=C\CC(C)CCC(/C=C(\C)F)SN1CCC(C)C1. The highest BCUT2D eigenvalue weighted by molar-refractivity contribution is 7.97. The third-order valence-electron chi connectivity index (χ3n) is 4.57. The summed E-state index contributed by atoms with van der Waals surface area (Å²) in [4.78, 5) is 0. The minimum atomic E-state index is -0.0762. The van der Waals surface area contributed by atoms with E-state index in [0.717, 1.165) is 50.3 Å². The van der Waals surface area contributed by atoms with Crippen LogP contribution in [0.1, 0.15) is 59.8 Å². The third-order valence-corrected chi connectivity index (χ3v) is 5.84. The number of allylic oxidation sites excluding steroid dienone is 5. The van der Waals surface area contributed by atoms with Gasteiger partial charge in [-0.2, -0.15) is 5.26 Å². The molecule has 0 aromatic heterocycles. The second-order valence-corrected chi connectivity index (χ2v) is 8.53. The Morgan fingerprint density at radius 2 is 2.16 bits per heavy atom. The van der Waals surface area contributed by atoms with E-state index < -0.39 is 0 Å². The molecule has 0 saturated carbocycles. The molecule has 0 aromatic carbocycles. The van der Waals surface area contributed by atoms with Gasteiger partial charge in [0, 0.05) is 30.3 Å². The predicted molar refractivity (Wildman–Crippen MR) is 108 cm³/mol. The van der Waals surface area contributed by atoms with Crippen molar-refractivity contribution in [2.45, 2.75) is 65.0 Å². The number of rotatable bonds is 10. The molecule has 1 aliphatic rings. The number of hydrogen-bond acceptors (Lipinski definition) is 3. The molecule has 140 valence electrons. The van der Waals surface area contributed by atoms with Crippen LogP contribution in [-0.4, -0.2) is 22.6 Å². The summed E-state index contributed by atoms with van der Waals surface area (Å²) in [5, 5.41) is 9.12. The number of nitriles is 1. The smallest absolute Gasteiger partial charge is 0.0946 e. The molecule has 1 rings (SSSR count). The van der Waals surface area contributed by atoms with Crippen molar-refractivity contribution in [1.29, 1.82) is 5.26 Å². The Balaban J connectivity index is 2.38. The summed E-state index contributed by atoms with van der Waals surface area (Å²) < 4.78 is 15.8. The Labute approximate surface area is 158 Å². The van der Waals surface area contributed by atoms with E-state index in [9.17, 15) is 4.39 Å². The van der Waals surface area contributed by atoms with Gasteiger partial charge >= 0.3 is 0 Å². The van der Waals surface area contributed by atoms with E-state index in [4.69, 9.17) is 5.26 Å². The monoisotopic (exact) mass is 364 g/mol. The third kappa shape index (κ3) is 9.87. The van der Waals surface area contributed by atoms with Crippen LogP contribution in [0.25, 0.3) is 0 Å². The normalized spacial score (nSPS) is 22.3. The molecule has 1 aliphatic heterocycles. The Kier molecular flexibility index (Phi) is 10.8. The van der Waals surface area contributed by atoms with Crippen molar-refractivity contribution in [1.82, 2.24) is 4.31 Å². The van der Waals surface area contributed by atoms with Gasteiger partial charge < -0.3 is 0 Å². The highest BCUT2D eigenvalue weighted by Gasteiger charge is 2.22. The minimum Gasteiger partial charge on any atom is -0.250 e. The van der Waals surface area contributed by atoms with Gasteiger partial charge in [0.15, 0.2) is 0 Å². The van der Waals surface area contributed by atoms with Crippen LogP contribution < -0.4 is 0 Å². The molecule has 0 spiro atoms. The average molecular weight is 365 g/mol. The quantitative estimate of drug-likeness (QED) is 0.253. The van der Waals surface area contributed by atoms with E-state index in [2.05, 4.69) is 36.4 Å². The Morgan fingerprint density at radius 3 is 2.72 bits per heavy atom. The molecule has 0 radical (unpaired) electrons. The van der Waals surface area contributed by atoms with Crippen molar-refractivity contribution in [3.8, 4) is 6.07 Å². The predicted octanol–water partition coefficient (Wildman–Crippen LogP) is 6.44. The van der Waals surface area contributed by atoms with E-state index in [1.165, 1.54) is 6.42 Å². The molecule has 1 heterocycles. The lowest BCUT2D eigenvalue weighted by Gasteiger charge is -2.21. The number of hydrogen-bond donors (Lipinski definition) is 0. The second-order valence-electron chi connectivity index (χ2n) is 7.20. The molecule has 2 nitrogen and oxygen atoms in total. The molecular formula is C21H33FN2S. The lowest BCUT2D eigenvalue weighted by molar-refractivity contribution is 0.509. The van der Waals surface area contributed by atoms with Crippen LogP contribution in [0.15, 0.2) is 35.7 Å². The summed E-state index contributed by atoms with van der Waals surface area (Å²) in [5.74, 6) is 1.25. The molecule has 0 aromatic rings. The first kappa shape index (κ1) is 22.0. The van der Waals surface area contributed by atoms with Crippen molar-refractivity contribution >= 4 is 11.9 Å². The van der Waals surface area contributed by atoms with Gasteiger partial charge in [-0.1, -0.05) is 44.0 Å². The topological polar surface area (TPSA) is 27.0 Å². The Hall–Kier alpha value is -1.05. The van der Waals surface area contributed by atoms with Crippen LogP contribution in [0.2, 0.25) is 0 Å². The lowest BCUT2D eigenvalue weighted by Crippen LogP contribution is -2.17. The first-order chi connectivity index (χ1) is 11.9. The summed E-state index contributed by atoms with van der Waals surface area (Å²) in [5.41, 5.74) is 0.809. The molecule has 0 N–H and O–H groups in total. The fourth-order valence-electron chi connectivity index (χ4n) is 2.94. The highest BCUT2D eigenvalue weighted by Crippen LogP contribution is 2.30. The van der Waals surface area contributed by atoms with Gasteiger partial charge in [-0.15, -0.1) is 0 Å². The zero-order valence-electron chi connectivity index (χ0n) is 16.2. The summed E-state index contributed by atoms with van der Waals surface area (Å²) in [6.45, 7) is 10.2. The van der Waals surface area contributed by atoms with E-state index in [1.54, 1.807) is 13.0 Å². The molecule has 4 heteroatoms. The van der Waals surface area contributed by atoms with Crippen molar-refractivity contribution in [3.05, 3.63) is 35.7 Å². The molecule has 3 atom stereocenters. The zero-order valence-corrected chi connectivity index (χ0v) is 17.0. The summed E-state index contributed by atoms with van der Waals surface area (Å²) in [7, 11) is 0. The molecule has 25 heavy (non-hydrogen) atoms. The molecule has 0 amide bonds. The summed E-state index contributed by atoms with van der Waals surface area (Å²) >= 11 is 1.82. The van der Waals surface area contributed by atoms with E-state index >= 15 is 0 Å². The average Bonchev–Trinajstić information content (AvgIpc) is 2.97. The van der Waals surface area contributed by atoms with Gasteiger partial charge in [-0.3, -0.25) is 0 Å². The summed E-state index contributed by atoms with van der Waals surface area (Å²) in [6, 6.07) is 2.20. The Morgan fingerprint density at radius 1 is 1.40 bits per heavy atom. The van der Waals surface area contributed by atoms with E-state index in [-0.39, 0.29) is 11.1 Å². The van der Waals surface area contributed by atoms with E-state index in [1.807, 2.05) is 24.9 Å². The fraction of sp³-hybridized carbons (Fsp3) is 0.667. The number of nitrogens with zero attached hydrogens (tertiary/aromatic N) is 2. The molecule has 0 aliphatic carbocycles. The van der Waals surface area contributed by atoms with Gasteiger partial charge in [-0.05, 0) is 57.4 Å². The standard InChI is InChI=1S/C21H33FN2S/c1-5-20(15-23)9-7-6-8-17(2)10-11-21(14-19(4)22)25-24-13-12-18(3)16-24/h5-7,14,17-18,21H,8-13,16H2,1-4H3/b7-6-,19-14+,20-5+. The van der Waals surface area contributed by atoms with Gasteiger partial charge in [0.05, 0.1) is 11.9 Å². The van der Waals surface area contributed by atoms with Crippen molar-refractivity contribution in [2.75, 3.05) is 13.1 Å². The maximum Gasteiger partial charge on any atom is 0.0946 e. The molecule has 1 saturated heterocycles. The molecule has 1 fully saturated rings. The maximum atomic E-state index is 13.4. The van der Waals surface area contributed by atoms with Crippen LogP contribution in [0, 0.1) is 23.2 Å². The molecular weight excluding hydrogens is 331 g/mol. The molecule has 0 bridgehead atoms. The van der Waals surface area contributed by atoms with Gasteiger partial charge in [0.2, 0.25) is 0 Å². The van der Waals surface area contributed by atoms with Gasteiger partial charge in [-0.25, -0.2) is 8.70 Å². The minimum absolute atomic E-state index is 0.0762. The fourth-order valence-corrected chi connectivity index (χ4v) is 4.36. The Bertz CT molecular complexity index is 514. The number of halogens is 1. The summed E-state index contributed by atoms with van der Waals surface area (Å²) in [6.07, 6.45) is 13.0. The van der Waals surface area contributed by atoms with Crippen LogP contribution >= 0.6 is 11.9 Å². The largest absolute Gasteiger partial charge is 0.250 e. The lowest BCUT2D eigenvalue weighted by atomic mass is 9.99. The van der Waals surface area contributed by atoms with Gasteiger partial charge in [0.1, 0.15) is 0 Å². The second kappa shape index (κ2) is 12.3. The van der Waals surface area contributed by atoms with Crippen LogP contribution in [0.4, 0.5) is 4.39 Å². The maximum absolute atomic E-state index is 13.4. The first-order valence-corrected chi connectivity index (χ1v) is 10.2. The van der Waals surface area contributed by atoms with Gasteiger partial charge in [0.25, 0.3) is 0 Å². The van der Waals surface area contributed by atoms with Crippen molar-refractivity contribution in [2.24, 2.45) is 11.8 Å². The van der Waals surface area contributed by atoms with Crippen LogP contribution in [-0.2, 0) is 0 Å². The van der Waals surface area contributed by atoms with Crippen molar-refractivity contribution < 1.29 is 4.39 Å². The highest BCUT2D eigenvalue weighted by atomic mass is 32.2. The zero-order chi connectivity index (χ0) is 18.7. The molecule has 3 unspecified atom stereocenters. The van der Waals surface area contributed by atoms with E-state index in [0.29, 0.717) is 5.92 Å². The van der Waals surface area contributed by atoms with Crippen LogP contribution in [0.3, 0.4) is 0 Å².